The quantitative estimate of drug-likeness (QED) is 0.908. The second-order valence-electron chi connectivity index (χ2n) is 4.49. The van der Waals surface area contributed by atoms with Crippen LogP contribution in [0.3, 0.4) is 0 Å². The fourth-order valence-corrected chi connectivity index (χ4v) is 1.95. The van der Waals surface area contributed by atoms with E-state index in [4.69, 9.17) is 0 Å². The van der Waals surface area contributed by atoms with Gasteiger partial charge >= 0.3 is 6.18 Å². The molecule has 20 heavy (non-hydrogen) atoms. The van der Waals surface area contributed by atoms with Gasteiger partial charge in [0.2, 0.25) is 0 Å². The van der Waals surface area contributed by atoms with Crippen molar-refractivity contribution in [2.75, 3.05) is 0 Å². The van der Waals surface area contributed by atoms with Crippen LogP contribution in [0.25, 0.3) is 0 Å². The van der Waals surface area contributed by atoms with Crippen LogP contribution in [0.2, 0.25) is 0 Å². The number of hydrogen-bond acceptors (Lipinski definition) is 3. The fraction of sp³-hybridized carbons (Fsp3) is 0.385. The Morgan fingerprint density at radius 3 is 2.50 bits per heavy atom. The van der Waals surface area contributed by atoms with E-state index >= 15 is 0 Å². The van der Waals surface area contributed by atoms with Gasteiger partial charge in [-0.05, 0) is 18.6 Å². The Balaban J connectivity index is 2.41. The Kier molecular flexibility index (Phi) is 3.56. The van der Waals surface area contributed by atoms with Crippen LogP contribution in [0, 0.1) is 0 Å². The maximum atomic E-state index is 13.1. The number of halogens is 3. The smallest absolute Gasteiger partial charge is 0.362 e. The Morgan fingerprint density at radius 2 is 2.00 bits per heavy atom. The summed E-state index contributed by atoms with van der Waals surface area (Å²) in [5.41, 5.74) is -3.10. The topological polar surface area (TPSA) is 52.9 Å². The fourth-order valence-electron chi connectivity index (χ4n) is 1.95. The van der Waals surface area contributed by atoms with E-state index < -0.39 is 24.2 Å². The van der Waals surface area contributed by atoms with Gasteiger partial charge in [-0.1, -0.05) is 25.1 Å². The van der Waals surface area contributed by atoms with Crippen LogP contribution < -0.4 is 0 Å². The minimum Gasteiger partial charge on any atom is -0.362 e. The average molecular weight is 286 g/mol. The molecule has 0 spiro atoms. The van der Waals surface area contributed by atoms with Crippen molar-refractivity contribution in [1.82, 2.24) is 5.01 Å². The van der Waals surface area contributed by atoms with Gasteiger partial charge in [0.15, 0.2) is 0 Å². The van der Waals surface area contributed by atoms with Crippen LogP contribution in [0.5, 0.6) is 0 Å². The predicted molar refractivity (Wildman–Crippen MR) is 66.0 cm³/mol. The molecule has 108 valence electrons. The summed E-state index contributed by atoms with van der Waals surface area (Å²) < 4.78 is 39.2. The molecular formula is C13H13F3N2O2. The first-order chi connectivity index (χ1) is 9.29. The summed E-state index contributed by atoms with van der Waals surface area (Å²) in [6, 6.07) is 7.44. The highest BCUT2D eigenvalue weighted by molar-refractivity contribution is 5.98. The number of benzene rings is 1. The zero-order chi connectivity index (χ0) is 15.0. The van der Waals surface area contributed by atoms with Crippen LogP contribution in [-0.2, 0) is 0 Å². The molecule has 1 aliphatic rings. The van der Waals surface area contributed by atoms with Gasteiger partial charge in [0.1, 0.15) is 0 Å². The number of carbonyl (C=O) groups is 1. The van der Waals surface area contributed by atoms with Crippen LogP contribution in [0.15, 0.2) is 35.4 Å². The van der Waals surface area contributed by atoms with Gasteiger partial charge in [-0.2, -0.15) is 23.3 Å². The molecule has 0 bridgehead atoms. The first kappa shape index (κ1) is 14.5. The number of alkyl halides is 3. The Labute approximate surface area is 113 Å². The molecule has 0 saturated heterocycles. The number of carbonyl (C=O) groups excluding carboxylic acids is 1. The molecule has 7 heteroatoms. The maximum absolute atomic E-state index is 13.1. The van der Waals surface area contributed by atoms with Crippen molar-refractivity contribution in [1.29, 1.82) is 0 Å². The van der Waals surface area contributed by atoms with Crippen molar-refractivity contribution in [2.24, 2.45) is 5.10 Å². The third-order valence-corrected chi connectivity index (χ3v) is 3.12. The molecule has 4 nitrogen and oxygen atoms in total. The molecule has 0 aromatic heterocycles. The van der Waals surface area contributed by atoms with Crippen LogP contribution >= 0.6 is 0 Å². The Hall–Kier alpha value is -1.89. The minimum atomic E-state index is -4.97. The lowest BCUT2D eigenvalue weighted by atomic mass is 10.0. The van der Waals surface area contributed by atoms with Gasteiger partial charge in [-0.3, -0.25) is 4.79 Å². The van der Waals surface area contributed by atoms with Gasteiger partial charge in [0.05, 0.1) is 0 Å². The summed E-state index contributed by atoms with van der Waals surface area (Å²) >= 11 is 0. The summed E-state index contributed by atoms with van der Waals surface area (Å²) in [6.07, 6.45) is -5.46. The normalized spacial score (nSPS) is 22.9. The summed E-state index contributed by atoms with van der Waals surface area (Å²) in [7, 11) is 0. The molecule has 1 unspecified atom stereocenters. The van der Waals surface area contributed by atoms with Crippen molar-refractivity contribution in [2.45, 2.75) is 31.7 Å². The SMILES string of the molecule is CCC1=NN(C(=O)c2ccccc2)C(O)(C(F)(F)F)C1. The van der Waals surface area contributed by atoms with Gasteiger partial charge in [0, 0.05) is 17.7 Å². The van der Waals surface area contributed by atoms with Crippen molar-refractivity contribution in [3.8, 4) is 0 Å². The molecule has 1 aromatic rings. The lowest BCUT2D eigenvalue weighted by Crippen LogP contribution is -2.56. The maximum Gasteiger partial charge on any atom is 0.438 e. The standard InChI is InChI=1S/C13H13F3N2O2/c1-2-10-8-12(20,13(14,15)16)18(17-10)11(19)9-6-4-3-5-7-9/h3-7,20H,2,8H2,1H3. The van der Waals surface area contributed by atoms with Crippen LogP contribution in [0.4, 0.5) is 13.2 Å². The van der Waals surface area contributed by atoms with Crippen molar-refractivity contribution in [3.05, 3.63) is 35.9 Å². The van der Waals surface area contributed by atoms with Gasteiger partial charge in [-0.15, -0.1) is 0 Å². The predicted octanol–water partition coefficient (Wildman–Crippen LogP) is 2.55. The van der Waals surface area contributed by atoms with E-state index in [-0.39, 0.29) is 22.7 Å². The third-order valence-electron chi connectivity index (χ3n) is 3.12. The second kappa shape index (κ2) is 4.90. The van der Waals surface area contributed by atoms with Crippen LogP contribution in [-0.4, -0.2) is 33.6 Å². The lowest BCUT2D eigenvalue weighted by molar-refractivity contribution is -0.297. The lowest BCUT2D eigenvalue weighted by Gasteiger charge is -2.32. The van der Waals surface area contributed by atoms with Crippen molar-refractivity contribution in [3.63, 3.8) is 0 Å². The highest BCUT2D eigenvalue weighted by Crippen LogP contribution is 2.41. The molecule has 1 aromatic carbocycles. The van der Waals surface area contributed by atoms with E-state index in [1.807, 2.05) is 0 Å². The molecule has 1 amide bonds. The third kappa shape index (κ3) is 2.29. The van der Waals surface area contributed by atoms with E-state index in [9.17, 15) is 23.1 Å². The zero-order valence-corrected chi connectivity index (χ0v) is 10.7. The first-order valence-electron chi connectivity index (χ1n) is 6.04. The van der Waals surface area contributed by atoms with Crippen molar-refractivity contribution >= 4 is 11.6 Å². The number of hydrazone groups is 1. The molecule has 1 atom stereocenters. The molecular weight excluding hydrogens is 273 g/mol. The van der Waals surface area contributed by atoms with Gasteiger partial charge in [0.25, 0.3) is 11.6 Å². The van der Waals surface area contributed by atoms with E-state index in [1.165, 1.54) is 24.3 Å². The first-order valence-corrected chi connectivity index (χ1v) is 6.04. The van der Waals surface area contributed by atoms with E-state index in [0.29, 0.717) is 0 Å². The summed E-state index contributed by atoms with van der Waals surface area (Å²) in [6.45, 7) is 1.62. The van der Waals surface area contributed by atoms with E-state index in [0.717, 1.165) is 0 Å². The molecule has 0 saturated carbocycles. The molecule has 0 aliphatic carbocycles. The summed E-state index contributed by atoms with van der Waals surface area (Å²) in [4.78, 5) is 12.1. The highest BCUT2D eigenvalue weighted by Gasteiger charge is 2.63. The van der Waals surface area contributed by atoms with Gasteiger partial charge in [-0.25, -0.2) is 0 Å². The largest absolute Gasteiger partial charge is 0.438 e. The number of rotatable bonds is 2. The minimum absolute atomic E-state index is 0.0382. The summed E-state index contributed by atoms with van der Waals surface area (Å²) in [5.74, 6) is -0.978. The molecule has 1 aliphatic heterocycles. The molecule has 0 radical (unpaired) electrons. The Bertz CT molecular complexity index is 542. The van der Waals surface area contributed by atoms with E-state index in [1.54, 1.807) is 13.0 Å². The van der Waals surface area contributed by atoms with E-state index in [2.05, 4.69) is 5.10 Å². The van der Waals surface area contributed by atoms with Gasteiger partial charge < -0.3 is 5.11 Å². The number of aliphatic hydroxyl groups is 1. The molecule has 1 heterocycles. The number of hydrogen-bond donors (Lipinski definition) is 1. The summed E-state index contributed by atoms with van der Waals surface area (Å²) in [5, 5.41) is 13.7. The average Bonchev–Trinajstić information content (AvgIpc) is 2.77. The molecule has 2 rings (SSSR count). The monoisotopic (exact) mass is 286 g/mol. The number of amides is 1. The molecule has 1 N–H and O–H groups in total. The Morgan fingerprint density at radius 1 is 1.40 bits per heavy atom. The molecule has 0 fully saturated rings. The van der Waals surface area contributed by atoms with Crippen LogP contribution in [0.1, 0.15) is 30.1 Å². The highest BCUT2D eigenvalue weighted by atomic mass is 19.4. The second-order valence-corrected chi connectivity index (χ2v) is 4.49. The zero-order valence-electron chi connectivity index (χ0n) is 10.7. The van der Waals surface area contributed by atoms with Crippen molar-refractivity contribution < 1.29 is 23.1 Å². The number of nitrogens with zero attached hydrogens (tertiary/aromatic N) is 2.